The third-order valence-electron chi connectivity index (χ3n) is 6.50. The summed E-state index contributed by atoms with van der Waals surface area (Å²) in [6.45, 7) is 8.73. The molecule has 3 aromatic rings. The van der Waals surface area contributed by atoms with Crippen molar-refractivity contribution in [2.24, 2.45) is 11.1 Å². The molecule has 8 nitrogen and oxygen atoms in total. The first-order chi connectivity index (χ1) is 16.7. The molecule has 8 heteroatoms. The number of likely N-dealkylation sites (tertiary alicyclic amines) is 1. The maximum Gasteiger partial charge on any atom is 0.404 e. The average Bonchev–Trinajstić information content (AvgIpc) is 2.81. The van der Waals surface area contributed by atoms with Gasteiger partial charge in [-0.1, -0.05) is 32.9 Å². The predicted octanol–water partition coefficient (Wildman–Crippen LogP) is 4.60. The van der Waals surface area contributed by atoms with Crippen LogP contribution in [0.1, 0.15) is 40.0 Å². The van der Waals surface area contributed by atoms with Gasteiger partial charge in [0.15, 0.2) is 0 Å². The zero-order valence-corrected chi connectivity index (χ0v) is 20.5. The van der Waals surface area contributed by atoms with E-state index >= 15 is 0 Å². The van der Waals surface area contributed by atoms with Gasteiger partial charge in [-0.2, -0.15) is 0 Å². The Morgan fingerprint density at radius 1 is 1.23 bits per heavy atom. The lowest BCUT2D eigenvalue weighted by atomic mass is 9.79. The van der Waals surface area contributed by atoms with Crippen molar-refractivity contribution in [2.75, 3.05) is 19.7 Å². The van der Waals surface area contributed by atoms with E-state index in [1.165, 1.54) is 6.07 Å². The second-order valence-electron chi connectivity index (χ2n) is 10.1. The number of pyridine rings is 1. The topological polar surface area (TPSA) is 108 Å². The van der Waals surface area contributed by atoms with Gasteiger partial charge in [-0.3, -0.25) is 9.88 Å². The molecule has 0 radical (unpaired) electrons. The van der Waals surface area contributed by atoms with E-state index in [2.05, 4.69) is 30.7 Å². The number of nitrogens with two attached hydrogens (primary N) is 1. The highest BCUT2D eigenvalue weighted by Gasteiger charge is 2.37. The molecule has 0 aliphatic carbocycles. The van der Waals surface area contributed by atoms with Crippen molar-refractivity contribution in [3.8, 4) is 16.9 Å². The van der Waals surface area contributed by atoms with Gasteiger partial charge in [0.25, 0.3) is 0 Å². The van der Waals surface area contributed by atoms with E-state index in [9.17, 15) is 9.59 Å². The van der Waals surface area contributed by atoms with Crippen molar-refractivity contribution in [3.05, 3.63) is 59.2 Å². The Morgan fingerprint density at radius 3 is 2.77 bits per heavy atom. The second-order valence-corrected chi connectivity index (χ2v) is 10.1. The monoisotopic (exact) mass is 479 g/mol. The summed E-state index contributed by atoms with van der Waals surface area (Å²) in [5, 5.41) is 0.759. The second kappa shape index (κ2) is 10.5. The van der Waals surface area contributed by atoms with Gasteiger partial charge < -0.3 is 19.6 Å². The lowest BCUT2D eigenvalue weighted by Gasteiger charge is -2.45. The summed E-state index contributed by atoms with van der Waals surface area (Å²) in [5.41, 5.74) is 7.17. The van der Waals surface area contributed by atoms with Crippen LogP contribution in [0.15, 0.2) is 58.0 Å². The summed E-state index contributed by atoms with van der Waals surface area (Å²) in [7, 11) is 0. The fourth-order valence-electron chi connectivity index (χ4n) is 4.84. The summed E-state index contributed by atoms with van der Waals surface area (Å²) >= 11 is 0. The molecule has 1 aliphatic heterocycles. The number of amides is 1. The third-order valence-corrected chi connectivity index (χ3v) is 6.50. The van der Waals surface area contributed by atoms with Gasteiger partial charge in [-0.25, -0.2) is 9.59 Å². The van der Waals surface area contributed by atoms with Crippen LogP contribution in [0.5, 0.6) is 5.75 Å². The summed E-state index contributed by atoms with van der Waals surface area (Å²) in [4.78, 5) is 30.0. The van der Waals surface area contributed by atoms with Gasteiger partial charge in [-0.15, -0.1) is 0 Å². The number of carbonyl (C=O) groups is 1. The number of fused-ring (bicyclic) bond motifs is 1. The molecule has 0 saturated carbocycles. The Morgan fingerprint density at radius 2 is 2.06 bits per heavy atom. The minimum absolute atomic E-state index is 0.0289. The molecule has 4 rings (SSSR count). The highest BCUT2D eigenvalue weighted by Crippen LogP contribution is 2.33. The lowest BCUT2D eigenvalue weighted by molar-refractivity contribution is -0.0121. The molecule has 35 heavy (non-hydrogen) atoms. The van der Waals surface area contributed by atoms with Crippen LogP contribution in [0.4, 0.5) is 4.79 Å². The van der Waals surface area contributed by atoms with Gasteiger partial charge in [0, 0.05) is 43.5 Å². The largest absolute Gasteiger partial charge is 0.492 e. The summed E-state index contributed by atoms with van der Waals surface area (Å²) in [6, 6.07) is 11.2. The molecule has 186 valence electrons. The number of rotatable bonds is 7. The van der Waals surface area contributed by atoms with Crippen LogP contribution in [0, 0.1) is 5.41 Å². The molecule has 2 aromatic heterocycles. The zero-order chi connectivity index (χ0) is 25.0. The number of ether oxygens (including phenoxy) is 2. The van der Waals surface area contributed by atoms with Crippen molar-refractivity contribution in [3.63, 3.8) is 0 Å². The van der Waals surface area contributed by atoms with Crippen molar-refractivity contribution in [1.82, 2.24) is 9.88 Å². The first kappa shape index (κ1) is 24.7. The van der Waals surface area contributed by atoms with Crippen molar-refractivity contribution in [1.29, 1.82) is 0 Å². The van der Waals surface area contributed by atoms with Crippen LogP contribution in [-0.2, 0) is 4.74 Å². The highest BCUT2D eigenvalue weighted by molar-refractivity contribution is 5.87. The van der Waals surface area contributed by atoms with Gasteiger partial charge >= 0.3 is 11.7 Å². The normalized spacial score (nSPS) is 18.9. The molecule has 2 N–H and O–H groups in total. The van der Waals surface area contributed by atoms with Gasteiger partial charge in [-0.05, 0) is 42.0 Å². The molecular weight excluding hydrogens is 446 g/mol. The smallest absolute Gasteiger partial charge is 0.404 e. The molecule has 1 amide bonds. The number of carbonyl (C=O) groups excluding carboxylic acids is 1. The molecule has 3 heterocycles. The molecule has 0 bridgehead atoms. The first-order valence-corrected chi connectivity index (χ1v) is 12.0. The van der Waals surface area contributed by atoms with E-state index in [0.29, 0.717) is 17.9 Å². The Labute approximate surface area is 205 Å². The van der Waals surface area contributed by atoms with E-state index in [0.717, 1.165) is 48.9 Å². The average molecular weight is 480 g/mol. The van der Waals surface area contributed by atoms with Crippen LogP contribution < -0.4 is 16.1 Å². The maximum atomic E-state index is 12.2. The summed E-state index contributed by atoms with van der Waals surface area (Å²) in [5.74, 6) is 0.523. The van der Waals surface area contributed by atoms with Gasteiger partial charge in [0.05, 0.1) is 18.1 Å². The SMILES string of the molecule is CC(C)(C)C1CC(OC(N)=O)CCN1CCCOc1cc(=O)oc2cc(-c3cccnc3)ccc12. The number of piperidine rings is 1. The van der Waals surface area contributed by atoms with Crippen molar-refractivity contribution in [2.45, 2.75) is 52.2 Å². The van der Waals surface area contributed by atoms with Crippen LogP contribution >= 0.6 is 0 Å². The molecule has 2 unspecified atom stereocenters. The quantitative estimate of drug-likeness (QED) is 0.390. The number of nitrogens with zero attached hydrogens (tertiary/aromatic N) is 2. The number of hydrogen-bond acceptors (Lipinski definition) is 7. The summed E-state index contributed by atoms with van der Waals surface area (Å²) in [6.07, 6.45) is 4.96. The van der Waals surface area contributed by atoms with E-state index in [1.807, 2.05) is 30.3 Å². The summed E-state index contributed by atoms with van der Waals surface area (Å²) < 4.78 is 16.8. The van der Waals surface area contributed by atoms with Crippen LogP contribution in [0.25, 0.3) is 22.1 Å². The van der Waals surface area contributed by atoms with Crippen LogP contribution in [0.2, 0.25) is 0 Å². The molecule has 1 fully saturated rings. The number of hydrogen-bond donors (Lipinski definition) is 1. The molecular formula is C27H33N3O5. The van der Waals surface area contributed by atoms with Crippen LogP contribution in [0.3, 0.4) is 0 Å². The number of primary amides is 1. The molecule has 1 aromatic carbocycles. The van der Waals surface area contributed by atoms with Crippen LogP contribution in [-0.4, -0.2) is 47.8 Å². The zero-order valence-electron chi connectivity index (χ0n) is 20.5. The van der Waals surface area contributed by atoms with Gasteiger partial charge in [0.2, 0.25) is 0 Å². The number of benzene rings is 1. The van der Waals surface area contributed by atoms with Crippen molar-refractivity contribution < 1.29 is 18.7 Å². The fourth-order valence-corrected chi connectivity index (χ4v) is 4.84. The molecule has 0 spiro atoms. The molecule has 1 aliphatic rings. The lowest BCUT2D eigenvalue weighted by Crippen LogP contribution is -2.52. The fraction of sp³-hybridized carbons (Fsp3) is 0.444. The Hall–Kier alpha value is -3.39. The Kier molecular flexibility index (Phi) is 7.40. The van der Waals surface area contributed by atoms with E-state index in [4.69, 9.17) is 19.6 Å². The first-order valence-electron chi connectivity index (χ1n) is 12.0. The highest BCUT2D eigenvalue weighted by atomic mass is 16.6. The van der Waals surface area contributed by atoms with E-state index in [-0.39, 0.29) is 17.6 Å². The standard InChI is InChI=1S/C27H33N3O5/c1-27(2,3)24-15-20(34-26(28)32)9-12-30(24)11-5-13-33-22-16-25(31)35-23-14-18(7-8-21(22)23)19-6-4-10-29-17-19/h4,6-8,10,14,16-17,20,24H,5,9,11-13,15H2,1-3H3,(H2,28,32). The third kappa shape index (κ3) is 6.19. The Balaban J connectivity index is 1.40. The van der Waals surface area contributed by atoms with E-state index < -0.39 is 11.7 Å². The molecule has 2 atom stereocenters. The van der Waals surface area contributed by atoms with Gasteiger partial charge in [0.1, 0.15) is 17.4 Å². The predicted molar refractivity (Wildman–Crippen MR) is 134 cm³/mol. The minimum atomic E-state index is -0.711. The van der Waals surface area contributed by atoms with E-state index in [1.54, 1.807) is 12.4 Å². The maximum absolute atomic E-state index is 12.2. The molecule has 1 saturated heterocycles. The minimum Gasteiger partial charge on any atom is -0.492 e. The van der Waals surface area contributed by atoms with Crippen molar-refractivity contribution >= 4 is 17.1 Å². The number of aromatic nitrogens is 1. The Bertz CT molecular complexity index is 1220.